The molecule has 2 N–H and O–H groups in total. The van der Waals surface area contributed by atoms with E-state index in [1.54, 1.807) is 13.0 Å². The Kier molecular flexibility index (Phi) is 4.69. The molecule has 0 aromatic carbocycles. The normalized spacial score (nSPS) is 10.8. The van der Waals surface area contributed by atoms with Gasteiger partial charge < -0.3 is 10.4 Å². The van der Waals surface area contributed by atoms with Crippen LogP contribution in [0.4, 0.5) is 5.69 Å². The lowest BCUT2D eigenvalue weighted by atomic mass is 10.1. The maximum absolute atomic E-state index is 11.1. The number of carboxylic acids is 1. The highest BCUT2D eigenvalue weighted by molar-refractivity contribution is 5.95. The van der Waals surface area contributed by atoms with Gasteiger partial charge in [0.1, 0.15) is 5.56 Å². The Morgan fingerprint density at radius 2 is 2.24 bits per heavy atom. The monoisotopic (exact) mass is 234 g/mol. The van der Waals surface area contributed by atoms with Gasteiger partial charge in [-0.05, 0) is 33.3 Å². The second kappa shape index (κ2) is 6.03. The molecule has 0 aliphatic rings. The number of hydrogen-bond acceptors (Lipinski definition) is 3. The van der Waals surface area contributed by atoms with Gasteiger partial charge in [0.05, 0.1) is 11.4 Å². The van der Waals surface area contributed by atoms with Crippen LogP contribution in [0.3, 0.4) is 0 Å². The number of nitrogens with one attached hydrogen (secondary N) is 1. The van der Waals surface area contributed by atoms with Crippen LogP contribution >= 0.6 is 0 Å². The number of hydrogen-bond donors (Lipinski definition) is 2. The quantitative estimate of drug-likeness (QED) is 0.607. The summed E-state index contributed by atoms with van der Waals surface area (Å²) in [6.45, 7) is 6.25. The molecule has 0 saturated heterocycles. The standard InChI is InChI=1S/C13H18N2O2/c1-4-5-6-7-14-11-8-9(2)15-10(3)12(11)13(16)17/h4-5,8H,6-7H2,1-3H3,(H,14,15)(H,16,17)/b5-4+. The van der Waals surface area contributed by atoms with Crippen molar-refractivity contribution in [2.45, 2.75) is 27.2 Å². The first kappa shape index (κ1) is 13.2. The van der Waals surface area contributed by atoms with Gasteiger partial charge in [0.25, 0.3) is 0 Å². The highest BCUT2D eigenvalue weighted by Gasteiger charge is 2.14. The summed E-state index contributed by atoms with van der Waals surface area (Å²) in [5.74, 6) is -0.941. The molecule has 4 nitrogen and oxygen atoms in total. The molecular formula is C13H18N2O2. The topological polar surface area (TPSA) is 62.2 Å². The molecular weight excluding hydrogens is 216 g/mol. The number of allylic oxidation sites excluding steroid dienone is 1. The first-order valence-corrected chi connectivity index (χ1v) is 5.62. The van der Waals surface area contributed by atoms with Crippen molar-refractivity contribution in [3.05, 3.63) is 35.2 Å². The summed E-state index contributed by atoms with van der Waals surface area (Å²) in [4.78, 5) is 15.3. The van der Waals surface area contributed by atoms with E-state index in [4.69, 9.17) is 5.11 Å². The van der Waals surface area contributed by atoms with Crippen LogP contribution in [0.15, 0.2) is 18.2 Å². The molecule has 4 heteroatoms. The van der Waals surface area contributed by atoms with Crippen LogP contribution in [0.1, 0.15) is 35.1 Å². The van der Waals surface area contributed by atoms with Crippen molar-refractivity contribution in [2.75, 3.05) is 11.9 Å². The van der Waals surface area contributed by atoms with Crippen LogP contribution < -0.4 is 5.32 Å². The van der Waals surface area contributed by atoms with Gasteiger partial charge in [0, 0.05) is 12.2 Å². The molecule has 17 heavy (non-hydrogen) atoms. The van der Waals surface area contributed by atoms with Crippen LogP contribution in [0, 0.1) is 13.8 Å². The minimum absolute atomic E-state index is 0.260. The smallest absolute Gasteiger partial charge is 0.339 e. The molecule has 0 saturated carbocycles. The summed E-state index contributed by atoms with van der Waals surface area (Å²) < 4.78 is 0. The molecule has 0 radical (unpaired) electrons. The predicted octanol–water partition coefficient (Wildman–Crippen LogP) is 2.77. The second-order valence-corrected chi connectivity index (χ2v) is 3.86. The third kappa shape index (κ3) is 3.59. The fourth-order valence-electron chi connectivity index (χ4n) is 1.69. The van der Waals surface area contributed by atoms with E-state index in [0.29, 0.717) is 17.9 Å². The number of carboxylic acid groups (broad SMARTS) is 1. The molecule has 0 aliphatic carbocycles. The van der Waals surface area contributed by atoms with E-state index < -0.39 is 5.97 Å². The van der Waals surface area contributed by atoms with Crippen molar-refractivity contribution in [2.24, 2.45) is 0 Å². The number of aryl methyl sites for hydroxylation is 2. The van der Waals surface area contributed by atoms with E-state index in [9.17, 15) is 4.79 Å². The number of anilines is 1. The fraction of sp³-hybridized carbons (Fsp3) is 0.385. The molecule has 92 valence electrons. The Balaban J connectivity index is 2.92. The van der Waals surface area contributed by atoms with Gasteiger partial charge in [-0.3, -0.25) is 4.98 Å². The second-order valence-electron chi connectivity index (χ2n) is 3.86. The van der Waals surface area contributed by atoms with Crippen LogP contribution in [0.2, 0.25) is 0 Å². The molecule has 1 aromatic rings. The van der Waals surface area contributed by atoms with Gasteiger partial charge in [-0.15, -0.1) is 0 Å². The lowest BCUT2D eigenvalue weighted by Gasteiger charge is -2.11. The van der Waals surface area contributed by atoms with Crippen LogP contribution in [-0.4, -0.2) is 22.6 Å². The van der Waals surface area contributed by atoms with Crippen molar-refractivity contribution in [1.82, 2.24) is 4.98 Å². The minimum atomic E-state index is -0.941. The van der Waals surface area contributed by atoms with E-state index in [1.807, 2.05) is 26.0 Å². The summed E-state index contributed by atoms with van der Waals surface area (Å²) in [6.07, 6.45) is 4.88. The van der Waals surface area contributed by atoms with E-state index in [0.717, 1.165) is 12.1 Å². The molecule has 0 fully saturated rings. The molecule has 0 aliphatic heterocycles. The molecule has 0 amide bonds. The summed E-state index contributed by atoms with van der Waals surface area (Å²) in [6, 6.07) is 1.77. The van der Waals surface area contributed by atoms with Gasteiger partial charge in [0.15, 0.2) is 0 Å². The first-order chi connectivity index (χ1) is 8.06. The van der Waals surface area contributed by atoms with Gasteiger partial charge in [-0.1, -0.05) is 12.2 Å². The Hall–Kier alpha value is -1.84. The number of nitrogens with zero attached hydrogens (tertiary/aromatic N) is 1. The van der Waals surface area contributed by atoms with E-state index in [-0.39, 0.29) is 5.56 Å². The van der Waals surface area contributed by atoms with Gasteiger partial charge in [-0.2, -0.15) is 0 Å². The summed E-state index contributed by atoms with van der Waals surface area (Å²) in [7, 11) is 0. The molecule has 0 atom stereocenters. The molecule has 0 spiro atoms. The first-order valence-electron chi connectivity index (χ1n) is 5.62. The number of carbonyl (C=O) groups is 1. The maximum Gasteiger partial charge on any atom is 0.339 e. The van der Waals surface area contributed by atoms with Crippen LogP contribution in [-0.2, 0) is 0 Å². The van der Waals surface area contributed by atoms with Gasteiger partial charge in [-0.25, -0.2) is 4.79 Å². The SMILES string of the molecule is C/C=C/CCNc1cc(C)nc(C)c1C(=O)O. The maximum atomic E-state index is 11.1. The average Bonchev–Trinajstić information content (AvgIpc) is 2.22. The third-order valence-corrected chi connectivity index (χ3v) is 2.40. The van der Waals surface area contributed by atoms with Crippen molar-refractivity contribution in [3.63, 3.8) is 0 Å². The number of aromatic carboxylic acids is 1. The zero-order chi connectivity index (χ0) is 12.8. The van der Waals surface area contributed by atoms with Crippen LogP contribution in [0.25, 0.3) is 0 Å². The molecule has 1 rings (SSSR count). The highest BCUT2D eigenvalue weighted by Crippen LogP contribution is 2.19. The van der Waals surface area contributed by atoms with Crippen molar-refractivity contribution >= 4 is 11.7 Å². The third-order valence-electron chi connectivity index (χ3n) is 2.40. The zero-order valence-corrected chi connectivity index (χ0v) is 10.4. The molecule has 0 bridgehead atoms. The summed E-state index contributed by atoms with van der Waals surface area (Å²) >= 11 is 0. The predicted molar refractivity (Wildman–Crippen MR) is 68.6 cm³/mol. The highest BCUT2D eigenvalue weighted by atomic mass is 16.4. The Morgan fingerprint density at radius 3 is 2.82 bits per heavy atom. The van der Waals surface area contributed by atoms with Crippen LogP contribution in [0.5, 0.6) is 0 Å². The number of rotatable bonds is 5. The van der Waals surface area contributed by atoms with E-state index in [1.165, 1.54) is 0 Å². The van der Waals surface area contributed by atoms with Gasteiger partial charge in [0.2, 0.25) is 0 Å². The Morgan fingerprint density at radius 1 is 1.53 bits per heavy atom. The Labute approximate surface area is 101 Å². The Bertz CT molecular complexity index is 439. The van der Waals surface area contributed by atoms with E-state index >= 15 is 0 Å². The fourth-order valence-corrected chi connectivity index (χ4v) is 1.69. The largest absolute Gasteiger partial charge is 0.478 e. The van der Waals surface area contributed by atoms with Crippen molar-refractivity contribution < 1.29 is 9.90 Å². The zero-order valence-electron chi connectivity index (χ0n) is 10.4. The summed E-state index contributed by atoms with van der Waals surface area (Å²) in [5, 5.41) is 12.3. The minimum Gasteiger partial charge on any atom is -0.478 e. The van der Waals surface area contributed by atoms with Crippen molar-refractivity contribution in [1.29, 1.82) is 0 Å². The molecule has 0 unspecified atom stereocenters. The number of aromatic nitrogens is 1. The van der Waals surface area contributed by atoms with Gasteiger partial charge >= 0.3 is 5.97 Å². The van der Waals surface area contributed by atoms with Crippen molar-refractivity contribution in [3.8, 4) is 0 Å². The lowest BCUT2D eigenvalue weighted by Crippen LogP contribution is -2.11. The lowest BCUT2D eigenvalue weighted by molar-refractivity contribution is 0.0696. The van der Waals surface area contributed by atoms with E-state index in [2.05, 4.69) is 10.3 Å². The molecule has 1 aromatic heterocycles. The average molecular weight is 234 g/mol. The summed E-state index contributed by atoms with van der Waals surface area (Å²) in [5.41, 5.74) is 2.27. The number of pyridine rings is 1. The molecule has 1 heterocycles.